The summed E-state index contributed by atoms with van der Waals surface area (Å²) in [7, 11) is 0. The van der Waals surface area contributed by atoms with E-state index in [2.05, 4.69) is 0 Å². The molecule has 0 radical (unpaired) electrons. The number of nitrogens with zero attached hydrogens (tertiary/aromatic N) is 2. The van der Waals surface area contributed by atoms with Crippen LogP contribution in [0.1, 0.15) is 6.92 Å². The first-order valence-corrected chi connectivity index (χ1v) is 3.62. The van der Waals surface area contributed by atoms with Crippen LogP contribution >= 0.6 is 0 Å². The zero-order valence-electron chi connectivity index (χ0n) is 7.17. The van der Waals surface area contributed by atoms with E-state index in [1.54, 1.807) is 0 Å². The number of rotatable bonds is 2. The Hall–Kier alpha value is -2.05. The fourth-order valence-corrected chi connectivity index (χ4v) is 1.05. The number of ketones is 1. The zero-order valence-corrected chi connectivity index (χ0v) is 7.17. The van der Waals surface area contributed by atoms with Crippen molar-refractivity contribution in [2.45, 2.75) is 12.5 Å². The number of allylic oxidation sites excluding steroid dienone is 2. The van der Waals surface area contributed by atoms with Crippen LogP contribution in [0.2, 0.25) is 0 Å². The molecule has 0 aliphatic heterocycles. The van der Waals surface area contributed by atoms with Crippen LogP contribution in [0.5, 0.6) is 0 Å². The Bertz CT molecular complexity index is 384. The molecule has 1 unspecified atom stereocenters. The number of nitro groups is 2. The Morgan fingerprint density at radius 1 is 1.36 bits per heavy atom. The maximum atomic E-state index is 10.8. The van der Waals surface area contributed by atoms with Gasteiger partial charge >= 0.3 is 11.2 Å². The Morgan fingerprint density at radius 2 is 1.93 bits per heavy atom. The van der Waals surface area contributed by atoms with Crippen LogP contribution in [-0.4, -0.2) is 21.2 Å². The predicted octanol–water partition coefficient (Wildman–Crippen LogP) is 0.321. The molecule has 0 saturated heterocycles. The fraction of sp³-hybridized carbons (Fsp3) is 0.286. The molecule has 7 nitrogen and oxygen atoms in total. The molecule has 0 N–H and O–H groups in total. The molecule has 0 amide bonds. The van der Waals surface area contributed by atoms with Gasteiger partial charge in [-0.25, -0.2) is 0 Å². The third-order valence-electron chi connectivity index (χ3n) is 1.95. The van der Waals surface area contributed by atoms with Gasteiger partial charge in [0.05, 0.1) is 11.0 Å². The van der Waals surface area contributed by atoms with Gasteiger partial charge in [0.15, 0.2) is 5.78 Å². The Morgan fingerprint density at radius 3 is 2.36 bits per heavy atom. The van der Waals surface area contributed by atoms with E-state index >= 15 is 0 Å². The molecule has 0 aromatic heterocycles. The summed E-state index contributed by atoms with van der Waals surface area (Å²) >= 11 is 0. The normalized spacial score (nSPS) is 25.8. The highest BCUT2D eigenvalue weighted by molar-refractivity contribution is 6.01. The number of carbonyl (C=O) groups excluding carboxylic acids is 1. The van der Waals surface area contributed by atoms with Crippen LogP contribution in [-0.2, 0) is 4.79 Å². The predicted molar refractivity (Wildman–Crippen MR) is 44.6 cm³/mol. The zero-order chi connectivity index (χ0) is 10.9. The second kappa shape index (κ2) is 3.02. The molecule has 0 saturated carbocycles. The molecular formula is C7H6N2O5. The lowest BCUT2D eigenvalue weighted by molar-refractivity contribution is -0.579. The van der Waals surface area contributed by atoms with Crippen molar-refractivity contribution in [3.05, 3.63) is 44.2 Å². The number of carbonyl (C=O) groups is 1. The Labute approximate surface area is 78.0 Å². The first kappa shape index (κ1) is 10.0. The smallest absolute Gasteiger partial charge is 0.290 e. The van der Waals surface area contributed by atoms with Gasteiger partial charge in [-0.2, -0.15) is 0 Å². The van der Waals surface area contributed by atoms with Gasteiger partial charge in [-0.05, 0) is 6.08 Å². The van der Waals surface area contributed by atoms with Crippen molar-refractivity contribution in [2.75, 3.05) is 0 Å². The molecular weight excluding hydrogens is 192 g/mol. The molecule has 0 bridgehead atoms. The minimum absolute atomic E-state index is 0.615. The van der Waals surface area contributed by atoms with Gasteiger partial charge in [-0.1, -0.05) is 0 Å². The first-order valence-electron chi connectivity index (χ1n) is 3.62. The molecule has 0 aromatic carbocycles. The summed E-state index contributed by atoms with van der Waals surface area (Å²) in [6, 6.07) is 0. The standard InChI is InChI=1S/C7H6N2O5/c1-7(9(13)14)3-2-5(10)4-6(7)8(11)12/h2-4H,1H3. The molecule has 14 heavy (non-hydrogen) atoms. The second-order valence-electron chi connectivity index (χ2n) is 2.93. The Kier molecular flexibility index (Phi) is 2.16. The minimum atomic E-state index is -1.92. The van der Waals surface area contributed by atoms with Crippen molar-refractivity contribution in [3.63, 3.8) is 0 Å². The lowest BCUT2D eigenvalue weighted by Crippen LogP contribution is -2.40. The molecule has 0 heterocycles. The summed E-state index contributed by atoms with van der Waals surface area (Å²) < 4.78 is 0. The Balaban J connectivity index is 3.26. The minimum Gasteiger partial charge on any atom is -0.290 e. The molecule has 1 atom stereocenters. The highest BCUT2D eigenvalue weighted by Gasteiger charge is 2.49. The van der Waals surface area contributed by atoms with E-state index in [4.69, 9.17) is 0 Å². The molecule has 0 fully saturated rings. The summed E-state index contributed by atoms with van der Waals surface area (Å²) in [4.78, 5) is 30.1. The molecule has 1 aliphatic rings. The van der Waals surface area contributed by atoms with E-state index in [0.29, 0.717) is 6.08 Å². The van der Waals surface area contributed by atoms with Gasteiger partial charge in [-0.3, -0.25) is 25.0 Å². The summed E-state index contributed by atoms with van der Waals surface area (Å²) in [6.07, 6.45) is 2.55. The quantitative estimate of drug-likeness (QED) is 0.469. The van der Waals surface area contributed by atoms with E-state index in [1.807, 2.05) is 0 Å². The van der Waals surface area contributed by atoms with Gasteiger partial charge in [0.2, 0.25) is 0 Å². The largest absolute Gasteiger partial charge is 0.330 e. The maximum Gasteiger partial charge on any atom is 0.330 e. The van der Waals surface area contributed by atoms with Crippen LogP contribution in [0, 0.1) is 20.2 Å². The summed E-state index contributed by atoms with van der Waals surface area (Å²) in [5.74, 6) is -0.615. The van der Waals surface area contributed by atoms with Gasteiger partial charge < -0.3 is 0 Å². The van der Waals surface area contributed by atoms with Crippen LogP contribution in [0.4, 0.5) is 0 Å². The van der Waals surface area contributed by atoms with Gasteiger partial charge in [0.1, 0.15) is 0 Å². The van der Waals surface area contributed by atoms with Gasteiger partial charge in [0, 0.05) is 17.9 Å². The molecule has 74 valence electrons. The van der Waals surface area contributed by atoms with Gasteiger partial charge in [0.25, 0.3) is 0 Å². The molecule has 1 aliphatic carbocycles. The summed E-state index contributed by atoms with van der Waals surface area (Å²) in [6.45, 7) is 1.07. The highest BCUT2D eigenvalue weighted by atomic mass is 16.6. The van der Waals surface area contributed by atoms with Crippen LogP contribution in [0.3, 0.4) is 0 Å². The lowest BCUT2D eigenvalue weighted by atomic mass is 9.93. The van der Waals surface area contributed by atoms with Crippen molar-refractivity contribution >= 4 is 5.78 Å². The first-order chi connectivity index (χ1) is 6.38. The molecule has 7 heteroatoms. The second-order valence-corrected chi connectivity index (χ2v) is 2.93. The topological polar surface area (TPSA) is 103 Å². The average Bonchev–Trinajstić information content (AvgIpc) is 2.08. The van der Waals surface area contributed by atoms with Crippen molar-refractivity contribution < 1.29 is 14.6 Å². The highest BCUT2D eigenvalue weighted by Crippen LogP contribution is 2.25. The molecule has 1 rings (SSSR count). The number of hydrogen-bond acceptors (Lipinski definition) is 5. The van der Waals surface area contributed by atoms with E-state index < -0.39 is 26.9 Å². The SMILES string of the molecule is CC1([N+](=O)[O-])C=CC(=O)C=C1[N+](=O)[O-]. The third-order valence-corrected chi connectivity index (χ3v) is 1.95. The van der Waals surface area contributed by atoms with E-state index in [1.165, 1.54) is 0 Å². The van der Waals surface area contributed by atoms with Crippen molar-refractivity contribution in [3.8, 4) is 0 Å². The van der Waals surface area contributed by atoms with E-state index in [9.17, 15) is 25.0 Å². The monoisotopic (exact) mass is 198 g/mol. The molecule has 0 spiro atoms. The summed E-state index contributed by atoms with van der Waals surface area (Å²) in [5, 5.41) is 21.1. The molecule has 0 aromatic rings. The van der Waals surface area contributed by atoms with E-state index in [0.717, 1.165) is 19.1 Å². The van der Waals surface area contributed by atoms with Crippen LogP contribution < -0.4 is 0 Å². The average molecular weight is 198 g/mol. The van der Waals surface area contributed by atoms with Crippen LogP contribution in [0.15, 0.2) is 23.9 Å². The van der Waals surface area contributed by atoms with Crippen molar-refractivity contribution in [1.82, 2.24) is 0 Å². The summed E-state index contributed by atoms with van der Waals surface area (Å²) in [5.41, 5.74) is -2.63. The van der Waals surface area contributed by atoms with E-state index in [-0.39, 0.29) is 0 Å². The maximum absolute atomic E-state index is 10.8. The fourth-order valence-electron chi connectivity index (χ4n) is 1.05. The van der Waals surface area contributed by atoms with Crippen molar-refractivity contribution in [2.24, 2.45) is 0 Å². The van der Waals surface area contributed by atoms with Crippen LogP contribution in [0.25, 0.3) is 0 Å². The van der Waals surface area contributed by atoms with Crippen molar-refractivity contribution in [1.29, 1.82) is 0 Å². The van der Waals surface area contributed by atoms with Gasteiger partial charge in [-0.15, -0.1) is 0 Å². The lowest BCUT2D eigenvalue weighted by Gasteiger charge is -2.15. The third kappa shape index (κ3) is 1.39. The number of hydrogen-bond donors (Lipinski definition) is 0.